The number of carbonyl (C=O) groups excluding carboxylic acids is 1. The van der Waals surface area contributed by atoms with Gasteiger partial charge >= 0.3 is 0 Å². The molecule has 0 atom stereocenters. The van der Waals surface area contributed by atoms with Crippen LogP contribution in [0.2, 0.25) is 0 Å². The topological polar surface area (TPSA) is 92.1 Å². The van der Waals surface area contributed by atoms with E-state index in [9.17, 15) is 4.79 Å². The number of nitrogens with zero attached hydrogens (tertiary/aromatic N) is 7. The van der Waals surface area contributed by atoms with E-state index in [-0.39, 0.29) is 11.8 Å². The predicted octanol–water partition coefficient (Wildman–Crippen LogP) is 1.98. The van der Waals surface area contributed by atoms with E-state index in [2.05, 4.69) is 30.3 Å². The minimum atomic E-state index is -0.00333. The number of nitrogens with one attached hydrogen (secondary N) is 1. The average molecular weight is 392 g/mol. The SMILES string of the molecule is CN(C)c1ccc(NC(=O)C2CCN(c3cc(-n4cncn4)ncn3)CC2)cc1. The normalized spacial score (nSPS) is 14.6. The van der Waals surface area contributed by atoms with Crippen molar-refractivity contribution in [3.63, 3.8) is 0 Å². The summed E-state index contributed by atoms with van der Waals surface area (Å²) in [4.78, 5) is 29.4. The van der Waals surface area contributed by atoms with Gasteiger partial charge in [-0.2, -0.15) is 5.10 Å². The minimum absolute atomic E-state index is 0.00333. The maximum Gasteiger partial charge on any atom is 0.227 e. The van der Waals surface area contributed by atoms with Gasteiger partial charge in [0.05, 0.1) is 0 Å². The van der Waals surface area contributed by atoms with Crippen molar-refractivity contribution in [1.29, 1.82) is 0 Å². The number of carbonyl (C=O) groups is 1. The van der Waals surface area contributed by atoms with Crippen molar-refractivity contribution < 1.29 is 4.79 Å². The second-order valence-electron chi connectivity index (χ2n) is 7.27. The van der Waals surface area contributed by atoms with Crippen LogP contribution in [0.5, 0.6) is 0 Å². The van der Waals surface area contributed by atoms with E-state index in [0.29, 0.717) is 5.82 Å². The first kappa shape index (κ1) is 18.9. The van der Waals surface area contributed by atoms with E-state index < -0.39 is 0 Å². The lowest BCUT2D eigenvalue weighted by molar-refractivity contribution is -0.120. The van der Waals surface area contributed by atoms with E-state index in [0.717, 1.165) is 43.1 Å². The Kier molecular flexibility index (Phi) is 5.37. The lowest BCUT2D eigenvalue weighted by Gasteiger charge is -2.32. The summed E-state index contributed by atoms with van der Waals surface area (Å²) in [6.07, 6.45) is 6.17. The van der Waals surface area contributed by atoms with E-state index in [1.54, 1.807) is 11.0 Å². The monoisotopic (exact) mass is 392 g/mol. The Morgan fingerprint density at radius 3 is 2.45 bits per heavy atom. The fourth-order valence-corrected chi connectivity index (χ4v) is 3.42. The average Bonchev–Trinajstić information content (AvgIpc) is 3.29. The quantitative estimate of drug-likeness (QED) is 0.710. The number of hydrogen-bond acceptors (Lipinski definition) is 7. The van der Waals surface area contributed by atoms with Gasteiger partial charge in [0.25, 0.3) is 0 Å². The van der Waals surface area contributed by atoms with Gasteiger partial charge in [-0.1, -0.05) is 0 Å². The Balaban J connectivity index is 1.34. The van der Waals surface area contributed by atoms with Gasteiger partial charge in [-0.15, -0.1) is 0 Å². The van der Waals surface area contributed by atoms with Crippen LogP contribution in [0.4, 0.5) is 17.2 Å². The van der Waals surface area contributed by atoms with Crippen LogP contribution in [0, 0.1) is 5.92 Å². The van der Waals surface area contributed by atoms with Gasteiger partial charge in [0, 0.05) is 50.5 Å². The van der Waals surface area contributed by atoms with Gasteiger partial charge in [0.15, 0.2) is 5.82 Å². The van der Waals surface area contributed by atoms with Gasteiger partial charge in [0.2, 0.25) is 5.91 Å². The summed E-state index contributed by atoms with van der Waals surface area (Å²) in [6.45, 7) is 1.54. The van der Waals surface area contributed by atoms with E-state index in [1.165, 1.54) is 12.7 Å². The van der Waals surface area contributed by atoms with Crippen LogP contribution in [0.25, 0.3) is 5.82 Å². The van der Waals surface area contributed by atoms with Crippen LogP contribution < -0.4 is 15.1 Å². The lowest BCUT2D eigenvalue weighted by Crippen LogP contribution is -2.38. The van der Waals surface area contributed by atoms with Crippen LogP contribution >= 0.6 is 0 Å². The van der Waals surface area contributed by atoms with Gasteiger partial charge in [-0.25, -0.2) is 19.6 Å². The molecule has 0 unspecified atom stereocenters. The highest BCUT2D eigenvalue weighted by atomic mass is 16.1. The largest absolute Gasteiger partial charge is 0.378 e. The summed E-state index contributed by atoms with van der Waals surface area (Å²) >= 11 is 0. The zero-order valence-electron chi connectivity index (χ0n) is 16.6. The molecule has 9 heteroatoms. The van der Waals surface area contributed by atoms with Crippen LogP contribution in [0.3, 0.4) is 0 Å². The van der Waals surface area contributed by atoms with Gasteiger partial charge in [-0.05, 0) is 37.1 Å². The molecule has 0 spiro atoms. The van der Waals surface area contributed by atoms with Crippen LogP contribution in [-0.2, 0) is 4.79 Å². The maximum absolute atomic E-state index is 12.7. The standard InChI is InChI=1S/C20H24N8O/c1-26(2)17-5-3-16(4-6-17)25-20(29)15-7-9-27(10-8-15)18-11-19(23-13-22-18)28-14-21-12-24-28/h3-6,11-15H,7-10H2,1-2H3,(H,25,29). The Morgan fingerprint density at radius 1 is 1.07 bits per heavy atom. The first-order valence-electron chi connectivity index (χ1n) is 9.60. The predicted molar refractivity (Wildman–Crippen MR) is 111 cm³/mol. The fourth-order valence-electron chi connectivity index (χ4n) is 3.42. The van der Waals surface area contributed by atoms with Gasteiger partial charge in [-0.3, -0.25) is 4.79 Å². The van der Waals surface area contributed by atoms with Crippen LogP contribution in [-0.4, -0.2) is 57.8 Å². The van der Waals surface area contributed by atoms with Crippen molar-refractivity contribution in [1.82, 2.24) is 24.7 Å². The highest BCUT2D eigenvalue weighted by molar-refractivity contribution is 5.92. The zero-order valence-corrected chi connectivity index (χ0v) is 16.6. The molecule has 0 aliphatic carbocycles. The molecule has 1 aliphatic heterocycles. The molecule has 1 aliphatic rings. The molecule has 3 aromatic rings. The molecule has 0 bridgehead atoms. The number of anilines is 3. The summed E-state index contributed by atoms with van der Waals surface area (Å²) in [7, 11) is 3.99. The fraction of sp³-hybridized carbons (Fsp3) is 0.350. The molecular formula is C20H24N8O. The molecule has 3 heterocycles. The van der Waals surface area contributed by atoms with E-state index >= 15 is 0 Å². The van der Waals surface area contributed by atoms with Crippen molar-refractivity contribution in [2.45, 2.75) is 12.8 Å². The third-order valence-electron chi connectivity index (χ3n) is 5.13. The molecule has 1 saturated heterocycles. The van der Waals surface area contributed by atoms with Crippen molar-refractivity contribution >= 4 is 23.1 Å². The Morgan fingerprint density at radius 2 is 1.79 bits per heavy atom. The number of hydrogen-bond donors (Lipinski definition) is 1. The first-order valence-corrected chi connectivity index (χ1v) is 9.60. The number of amides is 1. The molecule has 4 rings (SSSR count). The first-order chi connectivity index (χ1) is 14.1. The summed E-state index contributed by atoms with van der Waals surface area (Å²) in [6, 6.07) is 9.77. The molecule has 0 saturated carbocycles. The van der Waals surface area contributed by atoms with Crippen LogP contribution in [0.1, 0.15) is 12.8 Å². The number of piperidine rings is 1. The lowest BCUT2D eigenvalue weighted by atomic mass is 9.96. The minimum Gasteiger partial charge on any atom is -0.378 e. The van der Waals surface area contributed by atoms with Crippen molar-refractivity contribution in [3.8, 4) is 5.82 Å². The van der Waals surface area contributed by atoms with Gasteiger partial charge < -0.3 is 15.1 Å². The molecule has 1 aromatic carbocycles. The molecule has 2 aromatic heterocycles. The van der Waals surface area contributed by atoms with Crippen LogP contribution in [0.15, 0.2) is 49.3 Å². The zero-order chi connectivity index (χ0) is 20.2. The molecule has 29 heavy (non-hydrogen) atoms. The number of benzene rings is 1. The van der Waals surface area contributed by atoms with Crippen molar-refractivity contribution in [2.75, 3.05) is 42.3 Å². The Hall–Kier alpha value is -3.49. The second kappa shape index (κ2) is 8.26. The second-order valence-corrected chi connectivity index (χ2v) is 7.27. The third kappa shape index (κ3) is 4.34. The number of aromatic nitrogens is 5. The highest BCUT2D eigenvalue weighted by Gasteiger charge is 2.26. The highest BCUT2D eigenvalue weighted by Crippen LogP contribution is 2.24. The molecular weight excluding hydrogens is 368 g/mol. The summed E-state index contributed by atoms with van der Waals surface area (Å²) < 4.78 is 1.60. The Bertz CT molecular complexity index is 947. The molecule has 150 valence electrons. The van der Waals surface area contributed by atoms with Crippen molar-refractivity contribution in [2.24, 2.45) is 5.92 Å². The van der Waals surface area contributed by atoms with E-state index in [4.69, 9.17) is 0 Å². The van der Waals surface area contributed by atoms with Crippen molar-refractivity contribution in [3.05, 3.63) is 49.3 Å². The Labute approximate surface area is 169 Å². The van der Waals surface area contributed by atoms with E-state index in [1.807, 2.05) is 49.3 Å². The summed E-state index contributed by atoms with van der Waals surface area (Å²) in [5.74, 6) is 1.59. The maximum atomic E-state index is 12.7. The van der Waals surface area contributed by atoms with Gasteiger partial charge in [0.1, 0.15) is 24.8 Å². The molecule has 9 nitrogen and oxygen atoms in total. The molecule has 1 amide bonds. The molecule has 0 radical (unpaired) electrons. The summed E-state index contributed by atoms with van der Waals surface area (Å²) in [5.41, 5.74) is 1.93. The molecule has 1 fully saturated rings. The summed E-state index contributed by atoms with van der Waals surface area (Å²) in [5, 5.41) is 7.14. The number of rotatable bonds is 5. The smallest absolute Gasteiger partial charge is 0.227 e. The third-order valence-corrected chi connectivity index (χ3v) is 5.13. The molecule has 1 N–H and O–H groups in total.